The number of aromatic carboxylic acids is 1. The first-order valence-corrected chi connectivity index (χ1v) is 5.71. The molecule has 1 rings (SSSR count). The quantitative estimate of drug-likeness (QED) is 0.533. The van der Waals surface area contributed by atoms with Gasteiger partial charge in [0.15, 0.2) is 0 Å². The van der Waals surface area contributed by atoms with Crippen molar-refractivity contribution in [3.63, 3.8) is 0 Å². The van der Waals surface area contributed by atoms with Gasteiger partial charge in [-0.15, -0.1) is 0 Å². The number of aromatic hydroxyl groups is 1. The third kappa shape index (κ3) is 4.48. The number of hydrogen-bond acceptors (Lipinski definition) is 4. The normalized spacial score (nSPS) is 11.4. The van der Waals surface area contributed by atoms with Crippen molar-refractivity contribution < 1.29 is 24.6 Å². The van der Waals surface area contributed by atoms with Gasteiger partial charge in [0.25, 0.3) is 0 Å². The smallest absolute Gasteiger partial charge is 0.339 e. The maximum absolute atomic E-state index is 11.6. The van der Waals surface area contributed by atoms with E-state index in [0.29, 0.717) is 0 Å². The van der Waals surface area contributed by atoms with Gasteiger partial charge in [0.05, 0.1) is 0 Å². The van der Waals surface area contributed by atoms with Crippen LogP contribution in [0.1, 0.15) is 23.7 Å². The number of benzene rings is 1. The van der Waals surface area contributed by atoms with Crippen molar-refractivity contribution in [2.24, 2.45) is 5.73 Å². The van der Waals surface area contributed by atoms with E-state index in [1.807, 2.05) is 0 Å². The van der Waals surface area contributed by atoms with E-state index in [-0.39, 0.29) is 17.7 Å². The van der Waals surface area contributed by atoms with Crippen LogP contribution in [0.2, 0.25) is 0 Å². The van der Waals surface area contributed by atoms with Gasteiger partial charge in [0, 0.05) is 24.2 Å². The van der Waals surface area contributed by atoms with Gasteiger partial charge < -0.3 is 26.6 Å². The SMILES string of the molecule is CC(CC(N)=O)NC(=O)Nc1ccc(C(=O)O)c(O)c1. The van der Waals surface area contributed by atoms with Gasteiger partial charge in [-0.1, -0.05) is 0 Å². The number of anilines is 1. The van der Waals surface area contributed by atoms with Gasteiger partial charge in [-0.05, 0) is 19.1 Å². The van der Waals surface area contributed by atoms with E-state index in [4.69, 9.17) is 10.8 Å². The van der Waals surface area contributed by atoms with E-state index in [1.54, 1.807) is 6.92 Å². The summed E-state index contributed by atoms with van der Waals surface area (Å²) in [7, 11) is 0. The summed E-state index contributed by atoms with van der Waals surface area (Å²) in [4.78, 5) is 32.9. The molecule has 8 heteroatoms. The van der Waals surface area contributed by atoms with Crippen molar-refractivity contribution in [2.45, 2.75) is 19.4 Å². The number of rotatable bonds is 5. The Morgan fingerprint density at radius 3 is 2.50 bits per heavy atom. The Morgan fingerprint density at radius 1 is 1.35 bits per heavy atom. The van der Waals surface area contributed by atoms with Crippen molar-refractivity contribution in [2.75, 3.05) is 5.32 Å². The fraction of sp³-hybridized carbons (Fsp3) is 0.250. The highest BCUT2D eigenvalue weighted by Crippen LogP contribution is 2.21. The molecule has 1 aromatic rings. The molecule has 0 aliphatic rings. The molecule has 0 aliphatic carbocycles. The first-order valence-electron chi connectivity index (χ1n) is 5.71. The number of hydrogen-bond donors (Lipinski definition) is 5. The van der Waals surface area contributed by atoms with Crippen LogP contribution in [0.4, 0.5) is 10.5 Å². The van der Waals surface area contributed by atoms with Gasteiger partial charge in [-0.25, -0.2) is 9.59 Å². The lowest BCUT2D eigenvalue weighted by molar-refractivity contribution is -0.118. The van der Waals surface area contributed by atoms with E-state index in [2.05, 4.69) is 10.6 Å². The number of nitrogens with two attached hydrogens (primary N) is 1. The van der Waals surface area contributed by atoms with E-state index < -0.39 is 29.7 Å². The second kappa shape index (κ2) is 6.41. The van der Waals surface area contributed by atoms with Crippen LogP contribution >= 0.6 is 0 Å². The molecule has 0 radical (unpaired) electrons. The fourth-order valence-corrected chi connectivity index (χ4v) is 1.53. The summed E-state index contributed by atoms with van der Waals surface area (Å²) in [6, 6.07) is 2.57. The number of carbonyl (C=O) groups is 3. The molecule has 1 atom stereocenters. The maximum atomic E-state index is 11.6. The highest BCUT2D eigenvalue weighted by molar-refractivity contribution is 5.94. The molecule has 0 spiro atoms. The second-order valence-electron chi connectivity index (χ2n) is 4.21. The predicted octanol–water partition coefficient (Wildman–Crippen LogP) is 0.476. The molecule has 0 heterocycles. The zero-order valence-corrected chi connectivity index (χ0v) is 10.7. The topological polar surface area (TPSA) is 142 Å². The molecule has 0 fully saturated rings. The van der Waals surface area contributed by atoms with Crippen molar-refractivity contribution in [3.8, 4) is 5.75 Å². The van der Waals surface area contributed by atoms with Gasteiger partial charge in [-0.3, -0.25) is 4.79 Å². The summed E-state index contributed by atoms with van der Waals surface area (Å²) >= 11 is 0. The van der Waals surface area contributed by atoms with Crippen LogP contribution in [0.3, 0.4) is 0 Å². The lowest BCUT2D eigenvalue weighted by Gasteiger charge is -2.13. The molecule has 0 saturated carbocycles. The largest absolute Gasteiger partial charge is 0.507 e. The molecule has 0 aliphatic heterocycles. The van der Waals surface area contributed by atoms with E-state index in [0.717, 1.165) is 6.07 Å². The molecule has 3 amide bonds. The summed E-state index contributed by atoms with van der Waals surface area (Å²) in [5.41, 5.74) is 4.94. The monoisotopic (exact) mass is 281 g/mol. The molecule has 20 heavy (non-hydrogen) atoms. The van der Waals surface area contributed by atoms with Gasteiger partial charge in [0.2, 0.25) is 5.91 Å². The maximum Gasteiger partial charge on any atom is 0.339 e. The average molecular weight is 281 g/mol. The van der Waals surface area contributed by atoms with Gasteiger partial charge in [0.1, 0.15) is 11.3 Å². The molecule has 1 aromatic carbocycles. The average Bonchev–Trinajstić information content (AvgIpc) is 2.26. The first kappa shape index (κ1) is 15.3. The van der Waals surface area contributed by atoms with Crippen LogP contribution < -0.4 is 16.4 Å². The van der Waals surface area contributed by atoms with Crippen molar-refractivity contribution >= 4 is 23.6 Å². The Bertz CT molecular complexity index is 544. The summed E-state index contributed by atoms with van der Waals surface area (Å²) in [5, 5.41) is 23.1. The molecule has 8 nitrogen and oxygen atoms in total. The molecule has 108 valence electrons. The summed E-state index contributed by atoms with van der Waals surface area (Å²) in [5.74, 6) is -2.27. The first-order chi connectivity index (χ1) is 9.29. The summed E-state index contributed by atoms with van der Waals surface area (Å²) in [6.07, 6.45) is -0.00335. The Hall–Kier alpha value is -2.77. The van der Waals surface area contributed by atoms with Crippen LogP contribution in [0, 0.1) is 0 Å². The highest BCUT2D eigenvalue weighted by Gasteiger charge is 2.12. The third-order valence-electron chi connectivity index (χ3n) is 2.37. The number of primary amides is 1. The van der Waals surface area contributed by atoms with E-state index in [1.165, 1.54) is 12.1 Å². The van der Waals surface area contributed by atoms with Crippen LogP contribution in [-0.2, 0) is 4.79 Å². The lowest BCUT2D eigenvalue weighted by Crippen LogP contribution is -2.38. The predicted molar refractivity (Wildman–Crippen MR) is 70.5 cm³/mol. The Balaban J connectivity index is 2.65. The van der Waals surface area contributed by atoms with Crippen molar-refractivity contribution in [1.82, 2.24) is 5.32 Å². The minimum absolute atomic E-state index is 0.00335. The van der Waals surface area contributed by atoms with Crippen LogP contribution in [0.5, 0.6) is 5.75 Å². The van der Waals surface area contributed by atoms with Crippen LogP contribution in [-0.4, -0.2) is 34.2 Å². The number of amides is 3. The summed E-state index contributed by atoms with van der Waals surface area (Å²) < 4.78 is 0. The molecule has 0 aromatic heterocycles. The molecule has 6 N–H and O–H groups in total. The minimum atomic E-state index is -1.27. The number of urea groups is 1. The van der Waals surface area contributed by atoms with Crippen LogP contribution in [0.25, 0.3) is 0 Å². The molecule has 1 unspecified atom stereocenters. The standard InChI is InChI=1S/C12H15N3O5/c1-6(4-10(13)17)14-12(20)15-7-2-3-8(11(18)19)9(16)5-7/h2-3,5-6,16H,4H2,1H3,(H2,13,17)(H,18,19)(H2,14,15,20). The number of carbonyl (C=O) groups excluding carboxylic acids is 2. The Labute approximate surface area is 114 Å². The van der Waals surface area contributed by atoms with Crippen molar-refractivity contribution in [1.29, 1.82) is 0 Å². The zero-order valence-electron chi connectivity index (χ0n) is 10.7. The van der Waals surface area contributed by atoms with Gasteiger partial charge >= 0.3 is 12.0 Å². The third-order valence-corrected chi connectivity index (χ3v) is 2.37. The van der Waals surface area contributed by atoms with E-state index >= 15 is 0 Å². The number of carboxylic acids is 1. The van der Waals surface area contributed by atoms with E-state index in [9.17, 15) is 19.5 Å². The number of carboxylic acid groups (broad SMARTS) is 1. The van der Waals surface area contributed by atoms with Crippen LogP contribution in [0.15, 0.2) is 18.2 Å². The molecular formula is C12H15N3O5. The Kier molecular flexibility index (Phi) is 4.90. The highest BCUT2D eigenvalue weighted by atomic mass is 16.4. The molecular weight excluding hydrogens is 266 g/mol. The number of phenols is 1. The zero-order chi connectivity index (χ0) is 15.3. The molecule has 0 saturated heterocycles. The summed E-state index contributed by atoms with van der Waals surface area (Å²) in [6.45, 7) is 1.61. The number of nitrogens with one attached hydrogen (secondary N) is 2. The minimum Gasteiger partial charge on any atom is -0.507 e. The fourth-order valence-electron chi connectivity index (χ4n) is 1.53. The Morgan fingerprint density at radius 2 is 2.00 bits per heavy atom. The lowest BCUT2D eigenvalue weighted by atomic mass is 10.2. The molecule has 0 bridgehead atoms. The second-order valence-corrected chi connectivity index (χ2v) is 4.21. The van der Waals surface area contributed by atoms with Crippen molar-refractivity contribution in [3.05, 3.63) is 23.8 Å². The van der Waals surface area contributed by atoms with Gasteiger partial charge in [-0.2, -0.15) is 0 Å².